The van der Waals surface area contributed by atoms with Crippen LogP contribution in [0.25, 0.3) is 0 Å². The average molecular weight is 271 g/mol. The van der Waals surface area contributed by atoms with Gasteiger partial charge in [0.1, 0.15) is 21.8 Å². The van der Waals surface area contributed by atoms with E-state index in [4.69, 9.17) is 4.74 Å². The van der Waals surface area contributed by atoms with Crippen molar-refractivity contribution in [2.45, 2.75) is 19.8 Å². The maximum absolute atomic E-state index is 11.0. The Bertz CT molecular complexity index is 426. The molecule has 1 N–H and O–H groups in total. The Morgan fingerprint density at radius 3 is 3.07 bits per heavy atom. The number of halogens is 1. The van der Waals surface area contributed by atoms with Gasteiger partial charge in [0.05, 0.1) is 6.61 Å². The molecule has 0 aliphatic carbocycles. The number of phenolic OH excluding ortho intramolecular Hbond substituents is 1. The molecule has 15 heavy (non-hydrogen) atoms. The molecule has 1 aliphatic rings. The van der Waals surface area contributed by atoms with Crippen LogP contribution in [0.4, 0.5) is 0 Å². The number of aromatic hydroxyl groups is 1. The van der Waals surface area contributed by atoms with Gasteiger partial charge in [-0.2, -0.15) is 0 Å². The van der Waals surface area contributed by atoms with Crippen molar-refractivity contribution in [2.75, 3.05) is 6.61 Å². The number of hydrogen-bond donors (Lipinski definition) is 1. The summed E-state index contributed by atoms with van der Waals surface area (Å²) in [6.45, 7) is 2.15. The average Bonchev–Trinajstić information content (AvgIpc) is 2.61. The lowest BCUT2D eigenvalue weighted by molar-refractivity contribution is -0.116. The first kappa shape index (κ1) is 10.5. The van der Waals surface area contributed by atoms with Crippen molar-refractivity contribution >= 4 is 21.7 Å². The number of Topliss-reactive ketones (excluding diaryl/α,β-unsaturated/α-hetero) is 1. The van der Waals surface area contributed by atoms with Crippen molar-refractivity contribution in [1.29, 1.82) is 0 Å². The summed E-state index contributed by atoms with van der Waals surface area (Å²) in [5, 5.41) is 9.83. The second-order valence-electron chi connectivity index (χ2n) is 3.66. The molecule has 1 heterocycles. The third kappa shape index (κ3) is 1.86. The number of ether oxygens (including phenoxy) is 1. The van der Waals surface area contributed by atoms with Crippen LogP contribution in [0.2, 0.25) is 0 Å². The van der Waals surface area contributed by atoms with Gasteiger partial charge < -0.3 is 9.84 Å². The molecule has 4 heteroatoms. The SMILES string of the molecule is CC(=O)Cc1cc2c(c(Br)c1O)OCC2. The molecule has 80 valence electrons. The van der Waals surface area contributed by atoms with Crippen molar-refractivity contribution in [3.8, 4) is 11.5 Å². The monoisotopic (exact) mass is 270 g/mol. The van der Waals surface area contributed by atoms with Crippen molar-refractivity contribution < 1.29 is 14.6 Å². The van der Waals surface area contributed by atoms with E-state index in [1.807, 2.05) is 6.07 Å². The van der Waals surface area contributed by atoms with E-state index < -0.39 is 0 Å². The summed E-state index contributed by atoms with van der Waals surface area (Å²) in [5.74, 6) is 0.863. The van der Waals surface area contributed by atoms with Gasteiger partial charge in [-0.3, -0.25) is 4.79 Å². The second-order valence-corrected chi connectivity index (χ2v) is 4.46. The van der Waals surface area contributed by atoms with Gasteiger partial charge in [0.25, 0.3) is 0 Å². The molecular weight excluding hydrogens is 260 g/mol. The molecule has 0 spiro atoms. The van der Waals surface area contributed by atoms with Gasteiger partial charge in [0.2, 0.25) is 0 Å². The molecule has 0 radical (unpaired) electrons. The van der Waals surface area contributed by atoms with Gasteiger partial charge in [-0.1, -0.05) is 0 Å². The van der Waals surface area contributed by atoms with Crippen LogP contribution >= 0.6 is 15.9 Å². The van der Waals surface area contributed by atoms with E-state index in [0.717, 1.165) is 12.0 Å². The standard InChI is InChI=1S/C11H11BrO3/c1-6(13)4-8-5-7-2-3-15-11(7)9(12)10(8)14/h5,14H,2-4H2,1H3. The number of hydrogen-bond acceptors (Lipinski definition) is 3. The first-order valence-electron chi connectivity index (χ1n) is 4.75. The zero-order valence-corrected chi connectivity index (χ0v) is 9.93. The first-order valence-corrected chi connectivity index (χ1v) is 5.54. The second kappa shape index (κ2) is 3.85. The lowest BCUT2D eigenvalue weighted by atomic mass is 10.0. The minimum Gasteiger partial charge on any atom is -0.506 e. The highest BCUT2D eigenvalue weighted by Gasteiger charge is 2.21. The first-order chi connectivity index (χ1) is 7.09. The molecule has 1 aromatic carbocycles. The van der Waals surface area contributed by atoms with Gasteiger partial charge in [0.15, 0.2) is 0 Å². The Kier molecular flexibility index (Phi) is 2.69. The van der Waals surface area contributed by atoms with E-state index in [-0.39, 0.29) is 18.0 Å². The lowest BCUT2D eigenvalue weighted by Crippen LogP contribution is -1.98. The summed E-state index contributed by atoms with van der Waals surface area (Å²) in [4.78, 5) is 11.0. The molecule has 0 amide bonds. The fraction of sp³-hybridized carbons (Fsp3) is 0.364. The highest BCUT2D eigenvalue weighted by atomic mass is 79.9. The molecule has 0 aromatic heterocycles. The van der Waals surface area contributed by atoms with Crippen LogP contribution in [0.1, 0.15) is 18.1 Å². The Hall–Kier alpha value is -1.03. The minimum atomic E-state index is 0.0380. The summed E-state index contributed by atoms with van der Waals surface area (Å²) in [7, 11) is 0. The number of rotatable bonds is 2. The molecule has 0 unspecified atom stereocenters. The van der Waals surface area contributed by atoms with E-state index in [0.29, 0.717) is 22.4 Å². The van der Waals surface area contributed by atoms with E-state index in [2.05, 4.69) is 15.9 Å². The zero-order valence-electron chi connectivity index (χ0n) is 8.34. The molecule has 0 bridgehead atoms. The Balaban J connectivity index is 2.49. The smallest absolute Gasteiger partial charge is 0.140 e. The van der Waals surface area contributed by atoms with Crippen LogP contribution in [-0.2, 0) is 17.6 Å². The third-order valence-electron chi connectivity index (χ3n) is 2.41. The van der Waals surface area contributed by atoms with Crippen LogP contribution < -0.4 is 4.74 Å². The maximum Gasteiger partial charge on any atom is 0.140 e. The molecule has 0 atom stereocenters. The largest absolute Gasteiger partial charge is 0.506 e. The van der Waals surface area contributed by atoms with Crippen molar-refractivity contribution in [2.24, 2.45) is 0 Å². The fourth-order valence-corrected chi connectivity index (χ4v) is 2.37. The third-order valence-corrected chi connectivity index (χ3v) is 3.14. The quantitative estimate of drug-likeness (QED) is 0.897. The molecule has 1 aromatic rings. The van der Waals surface area contributed by atoms with Gasteiger partial charge in [-0.15, -0.1) is 0 Å². The topological polar surface area (TPSA) is 46.5 Å². The number of fused-ring (bicyclic) bond motifs is 1. The summed E-state index contributed by atoms with van der Waals surface area (Å²) in [6.07, 6.45) is 1.09. The number of phenols is 1. The molecule has 0 saturated heterocycles. The van der Waals surface area contributed by atoms with Crippen LogP contribution in [-0.4, -0.2) is 17.5 Å². The van der Waals surface area contributed by atoms with E-state index >= 15 is 0 Å². The zero-order chi connectivity index (χ0) is 11.0. The molecule has 0 fully saturated rings. The summed E-state index contributed by atoms with van der Waals surface area (Å²) < 4.78 is 5.94. The number of carbonyl (C=O) groups excluding carboxylic acids is 1. The van der Waals surface area contributed by atoms with Crippen molar-refractivity contribution in [3.63, 3.8) is 0 Å². The van der Waals surface area contributed by atoms with Crippen LogP contribution in [0.5, 0.6) is 11.5 Å². The summed E-state index contributed by atoms with van der Waals surface area (Å²) in [5.41, 5.74) is 1.72. The van der Waals surface area contributed by atoms with E-state index in [1.54, 1.807) is 0 Å². The van der Waals surface area contributed by atoms with Crippen LogP contribution in [0.3, 0.4) is 0 Å². The maximum atomic E-state index is 11.0. The predicted octanol–water partition coefficient (Wildman–Crippen LogP) is 2.22. The van der Waals surface area contributed by atoms with Crippen molar-refractivity contribution in [1.82, 2.24) is 0 Å². The molecule has 2 rings (SSSR count). The van der Waals surface area contributed by atoms with E-state index in [9.17, 15) is 9.90 Å². The Morgan fingerprint density at radius 2 is 2.40 bits per heavy atom. The fourth-order valence-electron chi connectivity index (χ4n) is 1.74. The highest BCUT2D eigenvalue weighted by molar-refractivity contribution is 9.10. The normalized spacial score (nSPS) is 13.5. The van der Waals surface area contributed by atoms with Gasteiger partial charge in [-0.05, 0) is 34.5 Å². The van der Waals surface area contributed by atoms with Gasteiger partial charge in [-0.25, -0.2) is 0 Å². The van der Waals surface area contributed by atoms with Crippen LogP contribution in [0.15, 0.2) is 10.5 Å². The lowest BCUT2D eigenvalue weighted by Gasteiger charge is -2.09. The highest BCUT2D eigenvalue weighted by Crippen LogP contribution is 2.42. The number of benzene rings is 1. The number of ketones is 1. The molecule has 3 nitrogen and oxygen atoms in total. The van der Waals surface area contributed by atoms with Gasteiger partial charge >= 0.3 is 0 Å². The Morgan fingerprint density at radius 1 is 1.67 bits per heavy atom. The van der Waals surface area contributed by atoms with Crippen LogP contribution in [0, 0.1) is 0 Å². The van der Waals surface area contributed by atoms with E-state index in [1.165, 1.54) is 6.92 Å². The Labute approximate surface area is 96.2 Å². The molecule has 1 aliphatic heterocycles. The summed E-state index contributed by atoms with van der Waals surface area (Å²) >= 11 is 3.29. The van der Waals surface area contributed by atoms with Gasteiger partial charge in [0, 0.05) is 18.4 Å². The summed E-state index contributed by atoms with van der Waals surface area (Å²) in [6, 6.07) is 1.85. The molecule has 0 saturated carbocycles. The van der Waals surface area contributed by atoms with Crippen molar-refractivity contribution in [3.05, 3.63) is 21.7 Å². The molecular formula is C11H11BrO3. The predicted molar refractivity (Wildman–Crippen MR) is 59.4 cm³/mol. The minimum absolute atomic E-state index is 0.0380. The number of carbonyl (C=O) groups is 1.